The van der Waals surface area contributed by atoms with Gasteiger partial charge in [-0.05, 0) is 51.3 Å². The molecule has 0 fully saturated rings. The second-order valence-corrected chi connectivity index (χ2v) is 10.5. The van der Waals surface area contributed by atoms with Crippen molar-refractivity contribution < 1.29 is 9.05 Å². The van der Waals surface area contributed by atoms with Crippen molar-refractivity contribution in [3.05, 3.63) is 108 Å². The molecule has 4 nitrogen and oxygen atoms in total. The standard InChI is InChI=1S/C20H18.C10H21N2O2P.2C2H6/c1-20(17-11-5-2-6-12-17,18-13-7-3-8-14-18)19-15-9-4-10-16-19;1-9(2)12(10(3)4)15(13-5)14-8-6-7-11;2*1-2/h2-16H,1H3;9-10H,6,8H2,1-5H3;2*1-2H3. The highest BCUT2D eigenvalue weighted by Crippen LogP contribution is 2.45. The van der Waals surface area contributed by atoms with Gasteiger partial charge in [0.25, 0.3) is 8.53 Å². The van der Waals surface area contributed by atoms with E-state index in [1.807, 2.05) is 27.7 Å². The molecule has 0 saturated carbocycles. The maximum atomic E-state index is 8.43. The van der Waals surface area contributed by atoms with Crippen LogP contribution in [-0.4, -0.2) is 30.5 Å². The van der Waals surface area contributed by atoms with Gasteiger partial charge in [0.05, 0.1) is 19.1 Å². The highest BCUT2D eigenvalue weighted by Gasteiger charge is 2.30. The van der Waals surface area contributed by atoms with Gasteiger partial charge in [0.2, 0.25) is 0 Å². The van der Waals surface area contributed by atoms with Crippen molar-refractivity contribution in [2.75, 3.05) is 13.7 Å². The van der Waals surface area contributed by atoms with Crippen molar-refractivity contribution in [1.82, 2.24) is 4.67 Å². The first-order valence-corrected chi connectivity index (χ1v) is 15.3. The topological polar surface area (TPSA) is 45.5 Å². The highest BCUT2D eigenvalue weighted by atomic mass is 31.2. The number of hydrogen-bond donors (Lipinski definition) is 0. The summed E-state index contributed by atoms with van der Waals surface area (Å²) in [6.45, 7) is 19.2. The van der Waals surface area contributed by atoms with Gasteiger partial charge in [-0.3, -0.25) is 0 Å². The number of nitrogens with zero attached hydrogens (tertiary/aromatic N) is 2. The van der Waals surface area contributed by atoms with Crippen molar-refractivity contribution in [2.24, 2.45) is 0 Å². The molecule has 0 saturated heterocycles. The molecule has 3 aromatic carbocycles. The van der Waals surface area contributed by atoms with Crippen LogP contribution in [0.2, 0.25) is 0 Å². The van der Waals surface area contributed by atoms with Gasteiger partial charge >= 0.3 is 0 Å². The first kappa shape index (κ1) is 36.5. The molecule has 3 aromatic rings. The molecule has 0 amide bonds. The summed E-state index contributed by atoms with van der Waals surface area (Å²) in [6.07, 6.45) is 0.409. The molecule has 0 aliphatic carbocycles. The Morgan fingerprint density at radius 2 is 1.05 bits per heavy atom. The monoisotopic (exact) mass is 550 g/mol. The van der Waals surface area contributed by atoms with E-state index in [1.165, 1.54) is 16.7 Å². The van der Waals surface area contributed by atoms with E-state index in [0.717, 1.165) is 0 Å². The molecule has 0 bridgehead atoms. The minimum atomic E-state index is -1.03. The van der Waals surface area contributed by atoms with E-state index in [1.54, 1.807) is 7.11 Å². The van der Waals surface area contributed by atoms with Crippen LogP contribution in [0.15, 0.2) is 91.0 Å². The van der Waals surface area contributed by atoms with Crippen molar-refractivity contribution in [2.45, 2.75) is 86.2 Å². The van der Waals surface area contributed by atoms with Crippen LogP contribution < -0.4 is 0 Å². The van der Waals surface area contributed by atoms with Crippen LogP contribution in [0.25, 0.3) is 0 Å². The third-order valence-electron chi connectivity index (χ3n) is 5.87. The molecule has 5 heteroatoms. The second kappa shape index (κ2) is 21.3. The molecule has 3 rings (SSSR count). The minimum absolute atomic E-state index is 0.121. The van der Waals surface area contributed by atoms with E-state index < -0.39 is 8.53 Å². The quantitative estimate of drug-likeness (QED) is 0.143. The molecule has 0 aliphatic heterocycles. The first-order valence-electron chi connectivity index (χ1n) is 14.1. The second-order valence-electron chi connectivity index (χ2n) is 8.95. The Balaban J connectivity index is 0.000000682. The Morgan fingerprint density at radius 3 is 1.31 bits per heavy atom. The lowest BCUT2D eigenvalue weighted by Crippen LogP contribution is -2.33. The van der Waals surface area contributed by atoms with E-state index in [9.17, 15) is 0 Å². The van der Waals surface area contributed by atoms with Gasteiger partial charge in [-0.15, -0.1) is 0 Å². The summed E-state index contributed by atoms with van der Waals surface area (Å²) in [7, 11) is 0.618. The molecule has 1 atom stereocenters. The first-order chi connectivity index (χ1) is 18.9. The summed E-state index contributed by atoms with van der Waals surface area (Å²) in [6, 6.07) is 34.9. The average Bonchev–Trinajstić information content (AvgIpc) is 2.99. The molecule has 0 radical (unpaired) electrons. The van der Waals surface area contributed by atoms with Crippen molar-refractivity contribution in [3.63, 3.8) is 0 Å². The maximum absolute atomic E-state index is 8.43. The van der Waals surface area contributed by atoms with Crippen molar-refractivity contribution in [1.29, 1.82) is 5.26 Å². The van der Waals surface area contributed by atoms with E-state index in [-0.39, 0.29) is 5.41 Å². The van der Waals surface area contributed by atoms with Gasteiger partial charge in [0.1, 0.15) is 0 Å². The van der Waals surface area contributed by atoms with Crippen molar-refractivity contribution in [3.8, 4) is 6.07 Å². The van der Waals surface area contributed by atoms with E-state index in [4.69, 9.17) is 14.3 Å². The molecule has 0 heterocycles. The third-order valence-corrected chi connectivity index (χ3v) is 7.89. The van der Waals surface area contributed by atoms with Gasteiger partial charge in [0, 0.05) is 24.6 Å². The summed E-state index contributed by atoms with van der Waals surface area (Å²) in [5.74, 6) is 0. The van der Waals surface area contributed by atoms with E-state index in [2.05, 4.69) is 136 Å². The lowest BCUT2D eigenvalue weighted by molar-refractivity contribution is 0.197. The van der Waals surface area contributed by atoms with Crippen LogP contribution in [0.1, 0.15) is 85.4 Å². The maximum Gasteiger partial charge on any atom is 0.258 e. The fourth-order valence-corrected chi connectivity index (χ4v) is 5.60. The highest BCUT2D eigenvalue weighted by molar-refractivity contribution is 7.44. The summed E-state index contributed by atoms with van der Waals surface area (Å²) >= 11 is 0. The average molecular weight is 551 g/mol. The summed E-state index contributed by atoms with van der Waals surface area (Å²) < 4.78 is 13.1. The summed E-state index contributed by atoms with van der Waals surface area (Å²) in [5, 5.41) is 8.43. The Morgan fingerprint density at radius 1 is 0.718 bits per heavy atom. The Hall–Kier alpha value is -2.54. The zero-order chi connectivity index (χ0) is 29.7. The van der Waals surface area contributed by atoms with Gasteiger partial charge in [-0.25, -0.2) is 4.67 Å². The van der Waals surface area contributed by atoms with Crippen LogP contribution >= 0.6 is 8.53 Å². The minimum Gasteiger partial charge on any atom is -0.325 e. The zero-order valence-corrected chi connectivity index (χ0v) is 26.8. The number of benzene rings is 3. The summed E-state index contributed by atoms with van der Waals surface area (Å²) in [4.78, 5) is 0. The van der Waals surface area contributed by atoms with Crippen LogP contribution in [0.4, 0.5) is 0 Å². The SMILES string of the molecule is CC.CC.CC(c1ccccc1)(c1ccccc1)c1ccccc1.COP(OCCC#N)N(C(C)C)C(C)C. The van der Waals surface area contributed by atoms with Crippen LogP contribution in [0.3, 0.4) is 0 Å². The van der Waals surface area contributed by atoms with Gasteiger partial charge in [-0.1, -0.05) is 119 Å². The number of hydrogen-bond acceptors (Lipinski definition) is 4. The molecule has 39 heavy (non-hydrogen) atoms. The van der Waals surface area contributed by atoms with Gasteiger partial charge in [-0.2, -0.15) is 5.26 Å². The number of nitriles is 1. The van der Waals surface area contributed by atoms with E-state index in [0.29, 0.717) is 25.1 Å². The van der Waals surface area contributed by atoms with Gasteiger partial charge < -0.3 is 9.05 Å². The lowest BCUT2D eigenvalue weighted by Gasteiger charge is -2.34. The van der Waals surface area contributed by atoms with Crippen LogP contribution in [0, 0.1) is 11.3 Å². The third kappa shape index (κ3) is 11.6. The van der Waals surface area contributed by atoms with E-state index >= 15 is 0 Å². The fourth-order valence-electron chi connectivity index (χ4n) is 4.17. The van der Waals surface area contributed by atoms with Crippen LogP contribution in [-0.2, 0) is 14.5 Å². The Bertz CT molecular complexity index is 901. The molecular formula is C34H51N2O2P. The molecule has 0 spiro atoms. The van der Waals surface area contributed by atoms with Crippen LogP contribution in [0.5, 0.6) is 0 Å². The Labute approximate surface area is 241 Å². The Kier molecular flexibility index (Phi) is 19.9. The predicted molar refractivity (Wildman–Crippen MR) is 170 cm³/mol. The smallest absolute Gasteiger partial charge is 0.258 e. The molecular weight excluding hydrogens is 499 g/mol. The number of rotatable bonds is 10. The fraction of sp³-hybridized carbons (Fsp3) is 0.441. The summed E-state index contributed by atoms with van der Waals surface area (Å²) in [5.41, 5.74) is 3.83. The molecule has 214 valence electrons. The molecule has 0 aliphatic rings. The zero-order valence-electron chi connectivity index (χ0n) is 25.9. The molecule has 0 N–H and O–H groups in total. The largest absolute Gasteiger partial charge is 0.325 e. The van der Waals surface area contributed by atoms with Crippen molar-refractivity contribution >= 4 is 8.53 Å². The molecule has 0 aromatic heterocycles. The molecule has 1 unspecified atom stereocenters. The normalized spacial score (nSPS) is 11.3. The van der Waals surface area contributed by atoms with Gasteiger partial charge in [0.15, 0.2) is 0 Å². The lowest BCUT2D eigenvalue weighted by atomic mass is 9.71. The predicted octanol–water partition coefficient (Wildman–Crippen LogP) is 10.0.